The summed E-state index contributed by atoms with van der Waals surface area (Å²) in [5, 5.41) is 8.59. The molecule has 2 aromatic carbocycles. The lowest BCUT2D eigenvalue weighted by Gasteiger charge is -2.21. The maximum absolute atomic E-state index is 12.4. The van der Waals surface area contributed by atoms with E-state index in [1.165, 1.54) is 0 Å². The van der Waals surface area contributed by atoms with Gasteiger partial charge in [-0.25, -0.2) is 5.48 Å². The fraction of sp³-hybridized carbons (Fsp3) is 0.176. The van der Waals surface area contributed by atoms with Crippen LogP contribution in [0.2, 0.25) is 0 Å². The zero-order chi connectivity index (χ0) is 15.9. The Balaban J connectivity index is 2.10. The first-order valence-electron chi connectivity index (χ1n) is 7.03. The van der Waals surface area contributed by atoms with Crippen molar-refractivity contribution < 1.29 is 14.8 Å². The molecule has 2 N–H and O–H groups in total. The van der Waals surface area contributed by atoms with Crippen molar-refractivity contribution in [3.05, 3.63) is 71.3 Å². The molecule has 2 amide bonds. The molecule has 0 spiro atoms. The maximum Gasteiger partial charge on any atom is 0.274 e. The molecule has 0 aliphatic carbocycles. The highest BCUT2D eigenvalue weighted by Gasteiger charge is 2.14. The summed E-state index contributed by atoms with van der Waals surface area (Å²) in [7, 11) is 0. The maximum atomic E-state index is 12.4. The van der Waals surface area contributed by atoms with Gasteiger partial charge in [0.05, 0.1) is 0 Å². The molecule has 2 aromatic rings. The van der Waals surface area contributed by atoms with Crippen molar-refractivity contribution in [3.8, 4) is 0 Å². The van der Waals surface area contributed by atoms with Gasteiger partial charge in [-0.2, -0.15) is 0 Å². The predicted molar refractivity (Wildman–Crippen MR) is 82.6 cm³/mol. The fourth-order valence-electron chi connectivity index (χ4n) is 2.14. The average molecular weight is 298 g/mol. The van der Waals surface area contributed by atoms with Gasteiger partial charge in [-0.1, -0.05) is 30.3 Å². The number of nitrogens with zero attached hydrogens (tertiary/aromatic N) is 1. The molecule has 0 bridgehead atoms. The van der Waals surface area contributed by atoms with E-state index < -0.39 is 5.91 Å². The number of rotatable bonds is 5. The highest BCUT2D eigenvalue weighted by atomic mass is 16.5. The molecule has 5 heteroatoms. The van der Waals surface area contributed by atoms with Gasteiger partial charge < -0.3 is 4.90 Å². The van der Waals surface area contributed by atoms with Crippen LogP contribution in [0.15, 0.2) is 54.6 Å². The van der Waals surface area contributed by atoms with Crippen LogP contribution in [0.3, 0.4) is 0 Å². The number of amides is 2. The van der Waals surface area contributed by atoms with Crippen molar-refractivity contribution in [1.29, 1.82) is 0 Å². The highest BCUT2D eigenvalue weighted by Crippen LogP contribution is 2.11. The van der Waals surface area contributed by atoms with Gasteiger partial charge in [0.25, 0.3) is 11.8 Å². The van der Waals surface area contributed by atoms with Crippen LogP contribution in [-0.4, -0.2) is 28.5 Å². The molecule has 0 fully saturated rings. The third-order valence-electron chi connectivity index (χ3n) is 3.38. The molecule has 0 heterocycles. The third kappa shape index (κ3) is 3.71. The Hall–Kier alpha value is -2.66. The Morgan fingerprint density at radius 3 is 2.18 bits per heavy atom. The first-order chi connectivity index (χ1) is 10.7. The molecular formula is C17H18N2O3. The smallest absolute Gasteiger partial charge is 0.274 e. The third-order valence-corrected chi connectivity index (χ3v) is 3.38. The van der Waals surface area contributed by atoms with E-state index in [9.17, 15) is 9.59 Å². The van der Waals surface area contributed by atoms with Gasteiger partial charge in [0.2, 0.25) is 0 Å². The number of hydrogen-bond acceptors (Lipinski definition) is 3. The number of carbonyl (C=O) groups excluding carboxylic acids is 2. The Bertz CT molecular complexity index is 639. The number of carbonyl (C=O) groups is 2. The predicted octanol–water partition coefficient (Wildman–Crippen LogP) is 2.47. The van der Waals surface area contributed by atoms with Crippen molar-refractivity contribution in [2.75, 3.05) is 6.54 Å². The normalized spacial score (nSPS) is 10.1. The Morgan fingerprint density at radius 2 is 1.64 bits per heavy atom. The zero-order valence-electron chi connectivity index (χ0n) is 12.3. The molecule has 0 atom stereocenters. The van der Waals surface area contributed by atoms with Crippen molar-refractivity contribution in [2.24, 2.45) is 0 Å². The van der Waals surface area contributed by atoms with Gasteiger partial charge in [-0.3, -0.25) is 14.8 Å². The number of nitrogens with one attached hydrogen (secondary N) is 1. The molecule has 0 aliphatic heterocycles. The molecule has 0 aliphatic rings. The van der Waals surface area contributed by atoms with Gasteiger partial charge in [-0.05, 0) is 36.8 Å². The minimum atomic E-state index is -0.556. The zero-order valence-corrected chi connectivity index (χ0v) is 12.3. The topological polar surface area (TPSA) is 69.6 Å². The van der Waals surface area contributed by atoms with Crippen LogP contribution < -0.4 is 5.48 Å². The van der Waals surface area contributed by atoms with Crippen LogP contribution >= 0.6 is 0 Å². The Kier molecular flexibility index (Phi) is 5.27. The second kappa shape index (κ2) is 7.38. The van der Waals surface area contributed by atoms with Gasteiger partial charge in [0.15, 0.2) is 0 Å². The number of hydrogen-bond donors (Lipinski definition) is 2. The molecule has 5 nitrogen and oxygen atoms in total. The van der Waals surface area contributed by atoms with Gasteiger partial charge in [0, 0.05) is 24.2 Å². The van der Waals surface area contributed by atoms with Crippen LogP contribution in [-0.2, 0) is 6.54 Å². The molecule has 0 saturated heterocycles. The molecule has 2 rings (SSSR count). The van der Waals surface area contributed by atoms with E-state index in [-0.39, 0.29) is 5.91 Å². The van der Waals surface area contributed by atoms with Crippen molar-refractivity contribution >= 4 is 11.8 Å². The van der Waals surface area contributed by atoms with Crippen molar-refractivity contribution in [3.63, 3.8) is 0 Å². The summed E-state index contributed by atoms with van der Waals surface area (Å²) in [5.41, 5.74) is 3.52. The van der Waals surface area contributed by atoms with Crippen LogP contribution in [0.25, 0.3) is 0 Å². The minimum Gasteiger partial charge on any atom is -0.335 e. The molecule has 0 saturated carbocycles. The van der Waals surface area contributed by atoms with Crippen LogP contribution in [0.4, 0.5) is 0 Å². The van der Waals surface area contributed by atoms with Crippen molar-refractivity contribution in [1.82, 2.24) is 10.4 Å². The highest BCUT2D eigenvalue weighted by molar-refractivity contribution is 5.94. The van der Waals surface area contributed by atoms with E-state index in [1.807, 2.05) is 25.1 Å². The van der Waals surface area contributed by atoms with Crippen LogP contribution in [0, 0.1) is 0 Å². The van der Waals surface area contributed by atoms with E-state index in [0.29, 0.717) is 24.2 Å². The Labute approximate surface area is 129 Å². The van der Waals surface area contributed by atoms with Gasteiger partial charge >= 0.3 is 0 Å². The minimum absolute atomic E-state index is 0.0275. The SMILES string of the molecule is CCN(Cc1ccc(C(=O)NO)cc1)C(=O)c1ccccc1. The summed E-state index contributed by atoms with van der Waals surface area (Å²) < 4.78 is 0. The standard InChI is InChI=1S/C17H18N2O3/c1-2-19(17(21)15-6-4-3-5-7-15)12-13-8-10-14(11-9-13)16(20)18-22/h3-11,22H,2,12H2,1H3,(H,18,20). The number of benzene rings is 2. The second-order valence-electron chi connectivity index (χ2n) is 4.82. The number of hydroxylamine groups is 1. The molecular weight excluding hydrogens is 280 g/mol. The van der Waals surface area contributed by atoms with E-state index in [2.05, 4.69) is 0 Å². The second-order valence-corrected chi connectivity index (χ2v) is 4.82. The largest absolute Gasteiger partial charge is 0.335 e. The van der Waals surface area contributed by atoms with E-state index in [4.69, 9.17) is 5.21 Å². The average Bonchev–Trinajstić information content (AvgIpc) is 2.59. The van der Waals surface area contributed by atoms with Gasteiger partial charge in [0.1, 0.15) is 0 Å². The lowest BCUT2D eigenvalue weighted by molar-refractivity contribution is 0.0705. The van der Waals surface area contributed by atoms with Gasteiger partial charge in [-0.15, -0.1) is 0 Å². The quantitative estimate of drug-likeness (QED) is 0.658. The molecule has 0 radical (unpaired) electrons. The first-order valence-corrected chi connectivity index (χ1v) is 7.03. The van der Waals surface area contributed by atoms with Crippen LogP contribution in [0.1, 0.15) is 33.2 Å². The van der Waals surface area contributed by atoms with E-state index in [1.54, 1.807) is 46.8 Å². The summed E-state index contributed by atoms with van der Waals surface area (Å²) in [6, 6.07) is 15.9. The van der Waals surface area contributed by atoms with Crippen LogP contribution in [0.5, 0.6) is 0 Å². The molecule has 22 heavy (non-hydrogen) atoms. The summed E-state index contributed by atoms with van der Waals surface area (Å²) in [6.45, 7) is 2.98. The monoisotopic (exact) mass is 298 g/mol. The summed E-state index contributed by atoms with van der Waals surface area (Å²) >= 11 is 0. The Morgan fingerprint density at radius 1 is 1.00 bits per heavy atom. The molecule has 0 unspecified atom stereocenters. The summed E-state index contributed by atoms with van der Waals surface area (Å²) in [5.74, 6) is -0.584. The summed E-state index contributed by atoms with van der Waals surface area (Å²) in [6.07, 6.45) is 0. The van der Waals surface area contributed by atoms with E-state index >= 15 is 0 Å². The van der Waals surface area contributed by atoms with E-state index in [0.717, 1.165) is 5.56 Å². The van der Waals surface area contributed by atoms with Crippen molar-refractivity contribution in [2.45, 2.75) is 13.5 Å². The molecule has 114 valence electrons. The first kappa shape index (κ1) is 15.7. The summed E-state index contributed by atoms with van der Waals surface area (Å²) in [4.78, 5) is 25.4. The fourth-order valence-corrected chi connectivity index (χ4v) is 2.14. The lowest BCUT2D eigenvalue weighted by Crippen LogP contribution is -2.30. The lowest BCUT2D eigenvalue weighted by atomic mass is 10.1. The molecule has 0 aromatic heterocycles.